The van der Waals surface area contributed by atoms with Gasteiger partial charge in [-0.2, -0.15) is 0 Å². The Bertz CT molecular complexity index is 1150. The second-order valence-corrected chi connectivity index (χ2v) is 6.72. The van der Waals surface area contributed by atoms with Gasteiger partial charge >= 0.3 is 0 Å². The zero-order valence-electron chi connectivity index (χ0n) is 15.1. The van der Waals surface area contributed by atoms with Crippen molar-refractivity contribution in [3.05, 3.63) is 95.6 Å². The van der Waals surface area contributed by atoms with Gasteiger partial charge in [-0.3, -0.25) is 0 Å². The second kappa shape index (κ2) is 7.12. The number of hydrogen-bond acceptors (Lipinski definition) is 0. The van der Waals surface area contributed by atoms with Crippen molar-refractivity contribution in [3.8, 4) is 22.3 Å². The van der Waals surface area contributed by atoms with Crippen molar-refractivity contribution in [1.82, 2.24) is 0 Å². The Balaban J connectivity index is 1.80. The first-order chi connectivity index (χ1) is 13.4. The van der Waals surface area contributed by atoms with Crippen LogP contribution >= 0.6 is 0 Å². The standard InChI is InChI=1S/C24H16F4/c1-2-14-3-4-16-8-17(6-5-15(16)7-14)18-11-22(27)24(23(28)12-18)19-9-20(25)13-21(26)10-19/h3-13H,2H2,1H3. The third-order valence-electron chi connectivity index (χ3n) is 4.84. The first-order valence-corrected chi connectivity index (χ1v) is 8.93. The average Bonchev–Trinajstić information content (AvgIpc) is 2.65. The number of halogens is 4. The minimum atomic E-state index is -0.890. The molecule has 0 nitrogen and oxygen atoms in total. The molecule has 0 radical (unpaired) electrons. The number of fused-ring (bicyclic) bond motifs is 1. The normalized spacial score (nSPS) is 11.2. The third-order valence-corrected chi connectivity index (χ3v) is 4.84. The van der Waals surface area contributed by atoms with Crippen molar-refractivity contribution in [2.24, 2.45) is 0 Å². The molecule has 0 heterocycles. The molecule has 0 spiro atoms. The summed E-state index contributed by atoms with van der Waals surface area (Å²) in [5.74, 6) is -3.53. The molecule has 4 aromatic rings. The monoisotopic (exact) mass is 380 g/mol. The van der Waals surface area contributed by atoms with E-state index in [1.54, 1.807) is 6.07 Å². The summed E-state index contributed by atoms with van der Waals surface area (Å²) in [7, 11) is 0. The van der Waals surface area contributed by atoms with Crippen molar-refractivity contribution < 1.29 is 17.6 Å². The summed E-state index contributed by atoms with van der Waals surface area (Å²) in [6.45, 7) is 2.08. The summed E-state index contributed by atoms with van der Waals surface area (Å²) in [6.07, 6.45) is 0.927. The van der Waals surface area contributed by atoms with E-state index in [1.165, 1.54) is 17.7 Å². The van der Waals surface area contributed by atoms with Crippen molar-refractivity contribution in [3.63, 3.8) is 0 Å². The van der Waals surface area contributed by atoms with Gasteiger partial charge in [-0.1, -0.05) is 37.3 Å². The van der Waals surface area contributed by atoms with E-state index >= 15 is 0 Å². The molecule has 0 atom stereocenters. The van der Waals surface area contributed by atoms with Crippen LogP contribution in [0.15, 0.2) is 66.7 Å². The van der Waals surface area contributed by atoms with Gasteiger partial charge in [-0.05, 0) is 69.8 Å². The Labute approximate surface area is 160 Å². The fraction of sp³-hybridized carbons (Fsp3) is 0.0833. The largest absolute Gasteiger partial charge is 0.207 e. The fourth-order valence-electron chi connectivity index (χ4n) is 3.41. The van der Waals surface area contributed by atoms with Crippen LogP contribution in [0.1, 0.15) is 12.5 Å². The molecule has 0 N–H and O–H groups in total. The van der Waals surface area contributed by atoms with Gasteiger partial charge in [-0.15, -0.1) is 0 Å². The van der Waals surface area contributed by atoms with Gasteiger partial charge in [0.25, 0.3) is 0 Å². The summed E-state index contributed by atoms with van der Waals surface area (Å²) in [5, 5.41) is 2.02. The molecule has 0 bridgehead atoms. The highest BCUT2D eigenvalue weighted by molar-refractivity contribution is 5.88. The van der Waals surface area contributed by atoms with Crippen LogP contribution in [0.25, 0.3) is 33.0 Å². The van der Waals surface area contributed by atoms with Gasteiger partial charge in [0.1, 0.15) is 23.3 Å². The molecular weight excluding hydrogens is 364 g/mol. The number of benzene rings is 4. The summed E-state index contributed by atoms with van der Waals surface area (Å²) in [6, 6.07) is 16.5. The fourth-order valence-corrected chi connectivity index (χ4v) is 3.41. The maximum atomic E-state index is 14.7. The van der Waals surface area contributed by atoms with E-state index in [0.717, 1.165) is 29.3 Å². The minimum Gasteiger partial charge on any atom is -0.207 e. The lowest BCUT2D eigenvalue weighted by atomic mass is 9.96. The molecule has 4 heteroatoms. The van der Waals surface area contributed by atoms with Crippen LogP contribution in [0, 0.1) is 23.3 Å². The summed E-state index contributed by atoms with van der Waals surface area (Å²) in [5.41, 5.74) is 1.60. The molecule has 4 rings (SSSR count). The third kappa shape index (κ3) is 3.38. The Kier molecular flexibility index (Phi) is 4.63. The number of aryl methyl sites for hydroxylation is 1. The lowest BCUT2D eigenvalue weighted by molar-refractivity contribution is 0.578. The van der Waals surface area contributed by atoms with Crippen LogP contribution in [0.3, 0.4) is 0 Å². The van der Waals surface area contributed by atoms with Gasteiger partial charge in [0.05, 0.1) is 5.56 Å². The first kappa shape index (κ1) is 18.2. The van der Waals surface area contributed by atoms with Gasteiger partial charge in [0.15, 0.2) is 0 Å². The lowest BCUT2D eigenvalue weighted by Crippen LogP contribution is -1.94. The lowest BCUT2D eigenvalue weighted by Gasteiger charge is -2.10. The first-order valence-electron chi connectivity index (χ1n) is 8.93. The van der Waals surface area contributed by atoms with Crippen molar-refractivity contribution in [1.29, 1.82) is 0 Å². The SMILES string of the molecule is CCc1ccc2cc(-c3cc(F)c(-c4cc(F)cc(F)c4)c(F)c3)ccc2c1. The smallest absolute Gasteiger partial charge is 0.134 e. The van der Waals surface area contributed by atoms with Gasteiger partial charge in [-0.25, -0.2) is 17.6 Å². The molecule has 0 saturated carbocycles. The molecule has 0 aliphatic rings. The predicted molar refractivity (Wildman–Crippen MR) is 104 cm³/mol. The van der Waals surface area contributed by atoms with E-state index < -0.39 is 28.8 Å². The average molecular weight is 380 g/mol. The highest BCUT2D eigenvalue weighted by atomic mass is 19.1. The topological polar surface area (TPSA) is 0 Å². The minimum absolute atomic E-state index is 0.176. The van der Waals surface area contributed by atoms with Crippen LogP contribution in [0.4, 0.5) is 17.6 Å². The van der Waals surface area contributed by atoms with E-state index in [1.807, 2.05) is 24.3 Å². The summed E-state index contributed by atoms with van der Waals surface area (Å²) >= 11 is 0. The van der Waals surface area contributed by atoms with Gasteiger partial charge < -0.3 is 0 Å². The number of rotatable bonds is 3. The Morgan fingerprint density at radius 2 is 1.18 bits per heavy atom. The van der Waals surface area contributed by atoms with E-state index in [-0.39, 0.29) is 5.56 Å². The molecule has 140 valence electrons. The Hall–Kier alpha value is -3.14. The van der Waals surface area contributed by atoms with Crippen LogP contribution in [0.5, 0.6) is 0 Å². The zero-order chi connectivity index (χ0) is 19.8. The highest BCUT2D eigenvalue weighted by Gasteiger charge is 2.16. The Morgan fingerprint density at radius 1 is 0.571 bits per heavy atom. The maximum Gasteiger partial charge on any atom is 0.134 e. The van der Waals surface area contributed by atoms with E-state index in [0.29, 0.717) is 17.2 Å². The van der Waals surface area contributed by atoms with Crippen LogP contribution in [-0.2, 0) is 6.42 Å². The van der Waals surface area contributed by atoms with Crippen molar-refractivity contribution in [2.45, 2.75) is 13.3 Å². The Morgan fingerprint density at radius 3 is 1.82 bits per heavy atom. The number of hydrogen-bond donors (Lipinski definition) is 0. The molecule has 0 fully saturated rings. The second-order valence-electron chi connectivity index (χ2n) is 6.72. The van der Waals surface area contributed by atoms with Crippen LogP contribution in [-0.4, -0.2) is 0 Å². The van der Waals surface area contributed by atoms with Crippen molar-refractivity contribution >= 4 is 10.8 Å². The van der Waals surface area contributed by atoms with E-state index in [9.17, 15) is 17.6 Å². The molecule has 28 heavy (non-hydrogen) atoms. The van der Waals surface area contributed by atoms with Crippen molar-refractivity contribution in [2.75, 3.05) is 0 Å². The highest BCUT2D eigenvalue weighted by Crippen LogP contribution is 2.33. The molecule has 4 aromatic carbocycles. The van der Waals surface area contributed by atoms with Gasteiger partial charge in [0.2, 0.25) is 0 Å². The van der Waals surface area contributed by atoms with Gasteiger partial charge in [0, 0.05) is 6.07 Å². The molecule has 0 amide bonds. The van der Waals surface area contributed by atoms with E-state index in [2.05, 4.69) is 13.0 Å². The summed E-state index contributed by atoms with van der Waals surface area (Å²) in [4.78, 5) is 0. The zero-order valence-corrected chi connectivity index (χ0v) is 15.1. The molecule has 0 aliphatic carbocycles. The molecule has 0 saturated heterocycles. The maximum absolute atomic E-state index is 14.7. The van der Waals surface area contributed by atoms with Crippen LogP contribution in [0.2, 0.25) is 0 Å². The molecule has 0 aliphatic heterocycles. The molecule has 0 unspecified atom stereocenters. The van der Waals surface area contributed by atoms with E-state index in [4.69, 9.17) is 0 Å². The predicted octanol–water partition coefficient (Wildman–Crippen LogP) is 7.29. The summed E-state index contributed by atoms with van der Waals surface area (Å²) < 4.78 is 56.2. The quantitative estimate of drug-likeness (QED) is 0.327. The van der Waals surface area contributed by atoms with Crippen LogP contribution < -0.4 is 0 Å². The molecule has 0 aromatic heterocycles. The molecular formula is C24H16F4.